The smallest absolute Gasteiger partial charge is 0.339 e. The Morgan fingerprint density at radius 1 is 1.10 bits per heavy atom. The van der Waals surface area contributed by atoms with Crippen LogP contribution in [0, 0.1) is 10.1 Å². The lowest BCUT2D eigenvalue weighted by atomic mass is 10.2. The van der Waals surface area contributed by atoms with Gasteiger partial charge >= 0.3 is 11.7 Å². The van der Waals surface area contributed by atoms with E-state index in [4.69, 9.17) is 4.74 Å². The molecular formula is C14H9N3O4. The Kier molecular flexibility index (Phi) is 2.94. The van der Waals surface area contributed by atoms with E-state index in [1.807, 2.05) is 6.07 Å². The van der Waals surface area contributed by atoms with Crippen LogP contribution in [0.3, 0.4) is 0 Å². The van der Waals surface area contributed by atoms with E-state index < -0.39 is 10.9 Å². The van der Waals surface area contributed by atoms with E-state index in [-0.39, 0.29) is 17.0 Å². The SMILES string of the molecule is CC(=O)Oc1ccc2nc3ccccc3nc2c1[N+](=O)[O-]. The fraction of sp³-hybridized carbons (Fsp3) is 0.0714. The number of hydrogen-bond donors (Lipinski definition) is 0. The maximum atomic E-state index is 11.3. The highest BCUT2D eigenvalue weighted by Gasteiger charge is 2.23. The number of nitro groups is 1. The van der Waals surface area contributed by atoms with Crippen molar-refractivity contribution in [2.45, 2.75) is 6.92 Å². The molecule has 3 rings (SSSR count). The van der Waals surface area contributed by atoms with Gasteiger partial charge in [-0.1, -0.05) is 12.1 Å². The van der Waals surface area contributed by atoms with Crippen LogP contribution in [-0.2, 0) is 4.79 Å². The third-order valence-corrected chi connectivity index (χ3v) is 2.88. The highest BCUT2D eigenvalue weighted by atomic mass is 16.6. The first-order chi connectivity index (χ1) is 10.1. The summed E-state index contributed by atoms with van der Waals surface area (Å²) in [6, 6.07) is 9.96. The third kappa shape index (κ3) is 2.25. The van der Waals surface area contributed by atoms with E-state index in [1.54, 1.807) is 24.3 Å². The van der Waals surface area contributed by atoms with Crippen molar-refractivity contribution in [2.75, 3.05) is 0 Å². The van der Waals surface area contributed by atoms with Gasteiger partial charge in [0.25, 0.3) is 0 Å². The first kappa shape index (κ1) is 12.9. The van der Waals surface area contributed by atoms with Crippen molar-refractivity contribution < 1.29 is 14.5 Å². The lowest BCUT2D eigenvalue weighted by Gasteiger charge is -2.06. The number of para-hydroxylation sites is 2. The molecule has 0 fully saturated rings. The Bertz CT molecular complexity index is 892. The molecule has 21 heavy (non-hydrogen) atoms. The van der Waals surface area contributed by atoms with Crippen LogP contribution >= 0.6 is 0 Å². The Labute approximate surface area is 118 Å². The monoisotopic (exact) mass is 283 g/mol. The van der Waals surface area contributed by atoms with E-state index in [0.29, 0.717) is 16.6 Å². The van der Waals surface area contributed by atoms with Crippen LogP contribution in [0.4, 0.5) is 5.69 Å². The quantitative estimate of drug-likeness (QED) is 0.236. The lowest BCUT2D eigenvalue weighted by Crippen LogP contribution is -2.05. The van der Waals surface area contributed by atoms with Gasteiger partial charge in [0, 0.05) is 6.92 Å². The summed E-state index contributed by atoms with van der Waals surface area (Å²) < 4.78 is 4.88. The molecular weight excluding hydrogens is 274 g/mol. The van der Waals surface area contributed by atoms with Crippen molar-refractivity contribution in [3.63, 3.8) is 0 Å². The van der Waals surface area contributed by atoms with Gasteiger partial charge in [-0.05, 0) is 24.3 Å². The lowest BCUT2D eigenvalue weighted by molar-refractivity contribution is -0.384. The first-order valence-electron chi connectivity index (χ1n) is 6.08. The van der Waals surface area contributed by atoms with Crippen molar-refractivity contribution in [3.05, 3.63) is 46.5 Å². The van der Waals surface area contributed by atoms with Crippen LogP contribution in [0.15, 0.2) is 36.4 Å². The molecule has 7 nitrogen and oxygen atoms in total. The molecule has 0 amide bonds. The molecule has 104 valence electrons. The number of esters is 1. The van der Waals surface area contributed by atoms with E-state index >= 15 is 0 Å². The van der Waals surface area contributed by atoms with E-state index in [2.05, 4.69) is 9.97 Å². The summed E-state index contributed by atoms with van der Waals surface area (Å²) in [5, 5.41) is 11.3. The van der Waals surface area contributed by atoms with Crippen molar-refractivity contribution in [1.82, 2.24) is 9.97 Å². The zero-order chi connectivity index (χ0) is 15.0. The number of nitro benzene ring substituents is 1. The molecule has 0 saturated heterocycles. The van der Waals surface area contributed by atoms with Gasteiger partial charge in [-0.3, -0.25) is 14.9 Å². The zero-order valence-electron chi connectivity index (χ0n) is 10.9. The van der Waals surface area contributed by atoms with Gasteiger partial charge in [0.2, 0.25) is 5.75 Å². The molecule has 0 bridgehead atoms. The molecule has 0 aliphatic heterocycles. The Morgan fingerprint density at radius 2 is 1.76 bits per heavy atom. The molecule has 1 heterocycles. The second-order valence-electron chi connectivity index (χ2n) is 4.34. The summed E-state index contributed by atoms with van der Waals surface area (Å²) in [6.45, 7) is 1.18. The zero-order valence-corrected chi connectivity index (χ0v) is 10.9. The van der Waals surface area contributed by atoms with Crippen LogP contribution in [0.25, 0.3) is 22.1 Å². The summed E-state index contributed by atoms with van der Waals surface area (Å²) in [4.78, 5) is 30.3. The fourth-order valence-corrected chi connectivity index (χ4v) is 2.07. The van der Waals surface area contributed by atoms with E-state index in [0.717, 1.165) is 0 Å². The number of aromatic nitrogens is 2. The Balaban J connectivity index is 2.37. The number of carbonyl (C=O) groups is 1. The summed E-state index contributed by atoms with van der Waals surface area (Å²) in [7, 11) is 0. The van der Waals surface area contributed by atoms with Crippen molar-refractivity contribution in [2.24, 2.45) is 0 Å². The summed E-state index contributed by atoms with van der Waals surface area (Å²) in [5.74, 6) is -0.768. The molecule has 0 saturated carbocycles. The second-order valence-corrected chi connectivity index (χ2v) is 4.34. The Morgan fingerprint density at radius 3 is 2.38 bits per heavy atom. The number of rotatable bonds is 2. The van der Waals surface area contributed by atoms with Gasteiger partial charge in [0.05, 0.1) is 21.5 Å². The van der Waals surface area contributed by atoms with Gasteiger partial charge in [0.1, 0.15) is 0 Å². The molecule has 0 atom stereocenters. The van der Waals surface area contributed by atoms with Crippen LogP contribution in [0.2, 0.25) is 0 Å². The average molecular weight is 283 g/mol. The molecule has 1 aromatic heterocycles. The van der Waals surface area contributed by atoms with Gasteiger partial charge in [0.15, 0.2) is 5.52 Å². The van der Waals surface area contributed by atoms with E-state index in [1.165, 1.54) is 13.0 Å². The van der Waals surface area contributed by atoms with Crippen molar-refractivity contribution in [3.8, 4) is 5.75 Å². The van der Waals surface area contributed by atoms with Gasteiger partial charge in [-0.15, -0.1) is 0 Å². The van der Waals surface area contributed by atoms with Crippen LogP contribution in [-0.4, -0.2) is 20.9 Å². The number of nitrogens with zero attached hydrogens (tertiary/aromatic N) is 3. The highest BCUT2D eigenvalue weighted by Crippen LogP contribution is 2.34. The summed E-state index contributed by atoms with van der Waals surface area (Å²) in [5.41, 5.74) is 1.28. The van der Waals surface area contributed by atoms with Crippen molar-refractivity contribution in [1.29, 1.82) is 0 Å². The average Bonchev–Trinajstić information content (AvgIpc) is 2.44. The summed E-state index contributed by atoms with van der Waals surface area (Å²) >= 11 is 0. The predicted molar refractivity (Wildman–Crippen MR) is 75.0 cm³/mol. The molecule has 7 heteroatoms. The molecule has 0 radical (unpaired) electrons. The Hall–Kier alpha value is -3.09. The predicted octanol–water partition coefficient (Wildman–Crippen LogP) is 2.62. The minimum absolute atomic E-state index is 0.0949. The van der Waals surface area contributed by atoms with Gasteiger partial charge < -0.3 is 4.74 Å². The van der Waals surface area contributed by atoms with Crippen LogP contribution in [0.1, 0.15) is 6.92 Å². The highest BCUT2D eigenvalue weighted by molar-refractivity contribution is 5.94. The van der Waals surface area contributed by atoms with Gasteiger partial charge in [-0.2, -0.15) is 0 Å². The maximum absolute atomic E-state index is 11.3. The number of fused-ring (bicyclic) bond motifs is 2. The largest absolute Gasteiger partial charge is 0.419 e. The molecule has 0 aliphatic carbocycles. The molecule has 2 aromatic carbocycles. The topological polar surface area (TPSA) is 95.2 Å². The van der Waals surface area contributed by atoms with Gasteiger partial charge in [-0.25, -0.2) is 9.97 Å². The normalized spacial score (nSPS) is 10.7. The molecule has 0 aliphatic rings. The van der Waals surface area contributed by atoms with E-state index in [9.17, 15) is 14.9 Å². The molecule has 0 unspecified atom stereocenters. The first-order valence-corrected chi connectivity index (χ1v) is 6.08. The number of hydrogen-bond acceptors (Lipinski definition) is 6. The van der Waals surface area contributed by atoms with Crippen LogP contribution < -0.4 is 4.74 Å². The second kappa shape index (κ2) is 4.78. The number of benzene rings is 2. The third-order valence-electron chi connectivity index (χ3n) is 2.88. The number of ether oxygens (including phenoxy) is 1. The summed E-state index contributed by atoms with van der Waals surface area (Å²) in [6.07, 6.45) is 0. The van der Waals surface area contributed by atoms with Crippen molar-refractivity contribution >= 4 is 33.7 Å². The standard InChI is InChI=1S/C14H9N3O4/c1-8(18)21-12-7-6-11-13(14(12)17(19)20)16-10-5-3-2-4-9(10)15-11/h2-7H,1H3. The van der Waals surface area contributed by atoms with Crippen LogP contribution in [0.5, 0.6) is 5.75 Å². The maximum Gasteiger partial charge on any atom is 0.339 e. The molecule has 3 aromatic rings. The minimum Gasteiger partial charge on any atom is -0.419 e. The molecule has 0 N–H and O–H groups in total. The number of carbonyl (C=O) groups excluding carboxylic acids is 1. The fourth-order valence-electron chi connectivity index (χ4n) is 2.07. The minimum atomic E-state index is -0.633. The molecule has 0 spiro atoms.